The van der Waals surface area contributed by atoms with E-state index in [1.165, 1.54) is 6.42 Å². The van der Waals surface area contributed by atoms with Gasteiger partial charge in [0.15, 0.2) is 5.96 Å². The van der Waals surface area contributed by atoms with E-state index >= 15 is 0 Å². The summed E-state index contributed by atoms with van der Waals surface area (Å²) in [4.78, 5) is 6.73. The van der Waals surface area contributed by atoms with E-state index in [2.05, 4.69) is 15.2 Å². The fourth-order valence-electron chi connectivity index (χ4n) is 3.26. The van der Waals surface area contributed by atoms with Gasteiger partial charge in [-0.25, -0.2) is 0 Å². The Morgan fingerprint density at radius 2 is 2.22 bits per heavy atom. The van der Waals surface area contributed by atoms with Crippen molar-refractivity contribution in [3.63, 3.8) is 0 Å². The molecular formula is C16H22Cl2IN3O. The van der Waals surface area contributed by atoms with E-state index in [1.54, 1.807) is 6.07 Å². The zero-order valence-corrected chi connectivity index (χ0v) is 17.0. The van der Waals surface area contributed by atoms with E-state index in [1.807, 2.05) is 19.2 Å². The summed E-state index contributed by atoms with van der Waals surface area (Å²) in [6.45, 7) is 4.45. The first kappa shape index (κ1) is 19.1. The predicted molar refractivity (Wildman–Crippen MR) is 106 cm³/mol. The second-order valence-corrected chi connectivity index (χ2v) is 6.95. The van der Waals surface area contributed by atoms with Crippen molar-refractivity contribution in [1.82, 2.24) is 10.2 Å². The minimum atomic E-state index is 0. The maximum atomic E-state index is 6.22. The Labute approximate surface area is 164 Å². The van der Waals surface area contributed by atoms with Crippen molar-refractivity contribution in [2.24, 2.45) is 10.4 Å². The number of ether oxygens (including phenoxy) is 1. The molecule has 2 aliphatic heterocycles. The van der Waals surface area contributed by atoms with E-state index in [4.69, 9.17) is 27.9 Å². The highest BCUT2D eigenvalue weighted by Crippen LogP contribution is 2.38. The van der Waals surface area contributed by atoms with Crippen molar-refractivity contribution < 1.29 is 4.74 Å². The third-order valence-corrected chi connectivity index (χ3v) is 5.17. The van der Waals surface area contributed by atoms with Gasteiger partial charge in [-0.05, 0) is 30.5 Å². The number of halogens is 3. The van der Waals surface area contributed by atoms with Crippen LogP contribution in [0.3, 0.4) is 0 Å². The molecule has 2 aliphatic rings. The number of nitrogens with one attached hydrogen (secondary N) is 1. The van der Waals surface area contributed by atoms with E-state index in [-0.39, 0.29) is 24.0 Å². The molecule has 1 spiro atoms. The summed E-state index contributed by atoms with van der Waals surface area (Å²) in [7, 11) is 1.82. The van der Waals surface area contributed by atoms with Gasteiger partial charge in [0.1, 0.15) is 0 Å². The number of aliphatic imine (C=N–C) groups is 1. The lowest BCUT2D eigenvalue weighted by Crippen LogP contribution is -2.41. The molecule has 0 radical (unpaired) electrons. The molecular weight excluding hydrogens is 448 g/mol. The number of guanidine groups is 1. The van der Waals surface area contributed by atoms with Crippen LogP contribution in [0.15, 0.2) is 23.2 Å². The highest BCUT2D eigenvalue weighted by atomic mass is 127. The number of nitrogens with zero attached hydrogens (tertiary/aromatic N) is 2. The topological polar surface area (TPSA) is 36.9 Å². The second kappa shape index (κ2) is 8.23. The van der Waals surface area contributed by atoms with Crippen LogP contribution >= 0.6 is 47.2 Å². The molecule has 4 nitrogen and oxygen atoms in total. The molecule has 128 valence electrons. The number of benzene rings is 1. The molecule has 7 heteroatoms. The van der Waals surface area contributed by atoms with Gasteiger partial charge in [0, 0.05) is 48.7 Å². The van der Waals surface area contributed by atoms with Crippen LogP contribution in [0.5, 0.6) is 0 Å². The Kier molecular flexibility index (Phi) is 6.83. The fourth-order valence-corrected chi connectivity index (χ4v) is 3.73. The normalized spacial score (nSPS) is 24.1. The Hall–Kier alpha value is -0.240. The monoisotopic (exact) mass is 469 g/mol. The van der Waals surface area contributed by atoms with E-state index < -0.39 is 0 Å². The van der Waals surface area contributed by atoms with Crippen LogP contribution in [0.25, 0.3) is 0 Å². The van der Waals surface area contributed by atoms with E-state index in [9.17, 15) is 0 Å². The average Bonchev–Trinajstić information content (AvgIpc) is 3.13. The molecule has 1 N–H and O–H groups in total. The van der Waals surface area contributed by atoms with Crippen molar-refractivity contribution in [2.75, 3.05) is 33.4 Å². The first-order chi connectivity index (χ1) is 10.6. The molecule has 3 rings (SSSR count). The van der Waals surface area contributed by atoms with E-state index in [0.717, 1.165) is 44.2 Å². The van der Waals surface area contributed by atoms with Crippen molar-refractivity contribution in [3.8, 4) is 0 Å². The number of hydrogen-bond donors (Lipinski definition) is 1. The lowest BCUT2D eigenvalue weighted by Gasteiger charge is -2.25. The van der Waals surface area contributed by atoms with Crippen molar-refractivity contribution >= 4 is 53.1 Å². The highest BCUT2D eigenvalue weighted by molar-refractivity contribution is 14.0. The molecule has 0 aromatic heterocycles. The molecule has 1 aromatic rings. The van der Waals surface area contributed by atoms with Gasteiger partial charge in [0.2, 0.25) is 0 Å². The van der Waals surface area contributed by atoms with Crippen molar-refractivity contribution in [2.45, 2.75) is 19.4 Å². The molecule has 0 saturated carbocycles. The molecule has 2 saturated heterocycles. The molecule has 0 aliphatic carbocycles. The van der Waals surface area contributed by atoms with Gasteiger partial charge < -0.3 is 15.0 Å². The van der Waals surface area contributed by atoms with Crippen LogP contribution in [0.4, 0.5) is 0 Å². The van der Waals surface area contributed by atoms with Gasteiger partial charge in [-0.1, -0.05) is 29.3 Å². The number of hydrogen-bond acceptors (Lipinski definition) is 2. The summed E-state index contributed by atoms with van der Waals surface area (Å²) in [6, 6.07) is 5.57. The van der Waals surface area contributed by atoms with Crippen LogP contribution in [-0.2, 0) is 11.3 Å². The lowest BCUT2D eigenvalue weighted by molar-refractivity contribution is 0.156. The van der Waals surface area contributed by atoms with Crippen molar-refractivity contribution in [1.29, 1.82) is 0 Å². The Bertz CT molecular complexity index is 576. The van der Waals surface area contributed by atoms with Crippen LogP contribution in [-0.4, -0.2) is 44.2 Å². The van der Waals surface area contributed by atoms with Gasteiger partial charge in [-0.2, -0.15) is 0 Å². The number of rotatable bonds is 2. The van der Waals surface area contributed by atoms with Gasteiger partial charge in [-0.3, -0.25) is 4.99 Å². The Morgan fingerprint density at radius 1 is 1.39 bits per heavy atom. The summed E-state index contributed by atoms with van der Waals surface area (Å²) in [5.41, 5.74) is 1.35. The van der Waals surface area contributed by atoms with Crippen LogP contribution in [0.2, 0.25) is 10.0 Å². The quantitative estimate of drug-likeness (QED) is 0.406. The molecule has 2 heterocycles. The Morgan fingerprint density at radius 3 is 2.87 bits per heavy atom. The largest absolute Gasteiger partial charge is 0.381 e. The smallest absolute Gasteiger partial charge is 0.193 e. The summed E-state index contributed by atoms with van der Waals surface area (Å²) >= 11 is 12.2. The van der Waals surface area contributed by atoms with Crippen LogP contribution in [0, 0.1) is 5.41 Å². The third-order valence-electron chi connectivity index (χ3n) is 4.59. The minimum Gasteiger partial charge on any atom is -0.381 e. The first-order valence-electron chi connectivity index (χ1n) is 7.59. The maximum absolute atomic E-state index is 6.22. The maximum Gasteiger partial charge on any atom is 0.193 e. The molecule has 1 unspecified atom stereocenters. The van der Waals surface area contributed by atoms with Gasteiger partial charge in [0.05, 0.1) is 6.61 Å². The van der Waals surface area contributed by atoms with Crippen LogP contribution in [0.1, 0.15) is 18.4 Å². The van der Waals surface area contributed by atoms with Gasteiger partial charge in [0.25, 0.3) is 0 Å². The number of likely N-dealkylation sites (tertiary alicyclic amines) is 1. The summed E-state index contributed by atoms with van der Waals surface area (Å²) in [6.07, 6.45) is 2.33. The molecule has 1 aromatic carbocycles. The third kappa shape index (κ3) is 4.44. The summed E-state index contributed by atoms with van der Waals surface area (Å²) in [5, 5.41) is 4.73. The fraction of sp³-hybridized carbons (Fsp3) is 0.562. The van der Waals surface area contributed by atoms with Gasteiger partial charge >= 0.3 is 0 Å². The molecule has 0 bridgehead atoms. The van der Waals surface area contributed by atoms with Gasteiger partial charge in [-0.15, -0.1) is 24.0 Å². The molecule has 23 heavy (non-hydrogen) atoms. The van der Waals surface area contributed by atoms with Crippen molar-refractivity contribution in [3.05, 3.63) is 33.8 Å². The highest BCUT2D eigenvalue weighted by Gasteiger charge is 2.42. The zero-order valence-electron chi connectivity index (χ0n) is 13.1. The molecule has 1 atom stereocenters. The second-order valence-electron chi connectivity index (χ2n) is 6.11. The summed E-state index contributed by atoms with van der Waals surface area (Å²) in [5.74, 6) is 0.926. The van der Waals surface area contributed by atoms with E-state index in [0.29, 0.717) is 22.0 Å². The van der Waals surface area contributed by atoms with Crippen LogP contribution < -0.4 is 5.32 Å². The summed E-state index contributed by atoms with van der Waals surface area (Å²) < 4.78 is 5.58. The average molecular weight is 470 g/mol. The first-order valence-corrected chi connectivity index (χ1v) is 8.35. The lowest BCUT2D eigenvalue weighted by atomic mass is 9.87. The standard InChI is InChI=1S/C16H21Cl2N3O.HI/c1-19-15(20-9-12-2-3-13(17)8-14(12)18)21-6-4-16(10-21)5-7-22-11-16;/h2-3,8H,4-7,9-11H2,1H3,(H,19,20);1H. The predicted octanol–water partition coefficient (Wildman–Crippen LogP) is 3.80. The zero-order chi connectivity index (χ0) is 15.6. The Balaban J connectivity index is 0.00000192. The molecule has 0 amide bonds. The SMILES string of the molecule is CN=C(NCc1ccc(Cl)cc1Cl)N1CCC2(CCOC2)C1.I. The molecule has 2 fully saturated rings. The minimum absolute atomic E-state index is 0.